The van der Waals surface area contributed by atoms with E-state index in [1.807, 2.05) is 0 Å². The van der Waals surface area contributed by atoms with E-state index < -0.39 is 17.4 Å². The summed E-state index contributed by atoms with van der Waals surface area (Å²) in [4.78, 5) is 0. The van der Waals surface area contributed by atoms with Crippen molar-refractivity contribution in [1.82, 2.24) is 0 Å². The SMILES string of the molecule is Nc1cc(F)c(O)c(F)c1Br. The average molecular weight is 224 g/mol. The number of nitrogen functional groups attached to an aromatic ring is 1. The number of rotatable bonds is 0. The number of halogens is 3. The van der Waals surface area contributed by atoms with Crippen LogP contribution >= 0.6 is 15.9 Å². The van der Waals surface area contributed by atoms with Crippen LogP contribution in [0.2, 0.25) is 0 Å². The van der Waals surface area contributed by atoms with Crippen LogP contribution in [0, 0.1) is 11.6 Å². The first-order chi connectivity index (χ1) is 5.04. The molecule has 0 heterocycles. The molecule has 0 spiro atoms. The average Bonchev–Trinajstić information content (AvgIpc) is 1.97. The lowest BCUT2D eigenvalue weighted by Crippen LogP contribution is -1.92. The minimum atomic E-state index is -1.08. The summed E-state index contributed by atoms with van der Waals surface area (Å²) >= 11 is 2.74. The first kappa shape index (κ1) is 8.26. The van der Waals surface area contributed by atoms with Crippen LogP contribution in [0.25, 0.3) is 0 Å². The number of phenolic OH excluding ortho intramolecular Hbond substituents is 1. The van der Waals surface area contributed by atoms with Gasteiger partial charge in [0.05, 0.1) is 10.2 Å². The monoisotopic (exact) mass is 223 g/mol. The molecule has 2 nitrogen and oxygen atoms in total. The van der Waals surface area contributed by atoms with E-state index in [0.29, 0.717) is 0 Å². The van der Waals surface area contributed by atoms with Crippen LogP contribution in [-0.4, -0.2) is 5.11 Å². The van der Waals surface area contributed by atoms with Crippen LogP contribution in [0.1, 0.15) is 0 Å². The van der Waals surface area contributed by atoms with E-state index >= 15 is 0 Å². The molecule has 5 heteroatoms. The second-order valence-corrected chi connectivity index (χ2v) is 2.72. The first-order valence-corrected chi connectivity index (χ1v) is 3.45. The molecule has 0 saturated carbocycles. The Hall–Kier alpha value is -0.840. The van der Waals surface area contributed by atoms with Gasteiger partial charge in [-0.15, -0.1) is 0 Å². The first-order valence-electron chi connectivity index (χ1n) is 2.66. The molecule has 0 unspecified atom stereocenters. The van der Waals surface area contributed by atoms with E-state index in [1.165, 1.54) is 0 Å². The normalized spacial score (nSPS) is 10.1. The zero-order valence-electron chi connectivity index (χ0n) is 5.24. The fraction of sp³-hybridized carbons (Fsp3) is 0. The molecular formula is C6H4BrF2NO. The summed E-state index contributed by atoms with van der Waals surface area (Å²) in [5, 5.41) is 8.68. The van der Waals surface area contributed by atoms with Crippen LogP contribution in [-0.2, 0) is 0 Å². The van der Waals surface area contributed by atoms with E-state index in [9.17, 15) is 8.78 Å². The number of nitrogens with two attached hydrogens (primary N) is 1. The highest BCUT2D eigenvalue weighted by Crippen LogP contribution is 2.31. The van der Waals surface area contributed by atoms with E-state index in [1.54, 1.807) is 0 Å². The van der Waals surface area contributed by atoms with E-state index in [0.717, 1.165) is 6.07 Å². The molecule has 0 aliphatic heterocycles. The lowest BCUT2D eigenvalue weighted by atomic mass is 10.3. The topological polar surface area (TPSA) is 46.2 Å². The summed E-state index contributed by atoms with van der Waals surface area (Å²) in [5.74, 6) is -3.17. The predicted molar refractivity (Wildman–Crippen MR) is 40.1 cm³/mol. The predicted octanol–water partition coefficient (Wildman–Crippen LogP) is 2.02. The number of aromatic hydroxyl groups is 1. The lowest BCUT2D eigenvalue weighted by molar-refractivity contribution is 0.395. The van der Waals surface area contributed by atoms with Crippen LogP contribution in [0.15, 0.2) is 10.5 Å². The second-order valence-electron chi connectivity index (χ2n) is 1.92. The van der Waals surface area contributed by atoms with Crippen LogP contribution < -0.4 is 5.73 Å². The van der Waals surface area contributed by atoms with Crippen molar-refractivity contribution in [2.45, 2.75) is 0 Å². The maximum absolute atomic E-state index is 12.6. The van der Waals surface area contributed by atoms with Gasteiger partial charge in [-0.1, -0.05) is 0 Å². The largest absolute Gasteiger partial charge is 0.503 e. The summed E-state index contributed by atoms with van der Waals surface area (Å²) in [6.45, 7) is 0. The molecule has 11 heavy (non-hydrogen) atoms. The number of hydrogen-bond donors (Lipinski definition) is 2. The maximum Gasteiger partial charge on any atom is 0.189 e. The fourth-order valence-electron chi connectivity index (χ4n) is 0.604. The molecular weight excluding hydrogens is 220 g/mol. The van der Waals surface area contributed by atoms with Gasteiger partial charge in [0.2, 0.25) is 0 Å². The van der Waals surface area contributed by atoms with Gasteiger partial charge in [-0.2, -0.15) is 0 Å². The lowest BCUT2D eigenvalue weighted by Gasteiger charge is -2.02. The fourth-order valence-corrected chi connectivity index (χ4v) is 0.906. The number of anilines is 1. The third-order valence-electron chi connectivity index (χ3n) is 1.16. The number of hydrogen-bond acceptors (Lipinski definition) is 2. The van der Waals surface area contributed by atoms with Crippen molar-refractivity contribution in [3.05, 3.63) is 22.2 Å². The van der Waals surface area contributed by atoms with Gasteiger partial charge in [-0.05, 0) is 15.9 Å². The Morgan fingerprint density at radius 2 is 2.00 bits per heavy atom. The molecule has 1 rings (SSSR count). The van der Waals surface area contributed by atoms with Gasteiger partial charge in [0, 0.05) is 6.07 Å². The van der Waals surface area contributed by atoms with Gasteiger partial charge >= 0.3 is 0 Å². The molecule has 0 radical (unpaired) electrons. The third-order valence-corrected chi connectivity index (χ3v) is 1.97. The summed E-state index contributed by atoms with van der Waals surface area (Å²) in [5.41, 5.74) is 5.07. The quantitative estimate of drug-likeness (QED) is 0.402. The molecule has 0 atom stereocenters. The van der Waals surface area contributed by atoms with Crippen molar-refractivity contribution in [3.8, 4) is 5.75 Å². The standard InChI is InChI=1S/C6H4BrF2NO/c7-4-3(10)1-2(8)6(11)5(4)9/h1,11H,10H2. The Balaban J connectivity index is 3.46. The molecule has 0 aliphatic carbocycles. The Labute approximate surface area is 69.8 Å². The van der Waals surface area contributed by atoms with E-state index in [4.69, 9.17) is 10.8 Å². The van der Waals surface area contributed by atoms with Gasteiger partial charge in [-0.25, -0.2) is 8.78 Å². The molecule has 0 amide bonds. The van der Waals surface area contributed by atoms with Crippen LogP contribution in [0.3, 0.4) is 0 Å². The molecule has 0 bridgehead atoms. The van der Waals surface area contributed by atoms with Crippen LogP contribution in [0.4, 0.5) is 14.5 Å². The molecule has 3 N–H and O–H groups in total. The minimum Gasteiger partial charge on any atom is -0.503 e. The van der Waals surface area contributed by atoms with Gasteiger partial charge in [0.15, 0.2) is 17.4 Å². The summed E-state index contributed by atoms with van der Waals surface area (Å²) in [7, 11) is 0. The zero-order valence-corrected chi connectivity index (χ0v) is 6.82. The van der Waals surface area contributed by atoms with Gasteiger partial charge in [-0.3, -0.25) is 0 Å². The summed E-state index contributed by atoms with van der Waals surface area (Å²) in [6, 6.07) is 0.836. The highest BCUT2D eigenvalue weighted by atomic mass is 79.9. The van der Waals surface area contributed by atoms with Gasteiger partial charge in [0.25, 0.3) is 0 Å². The van der Waals surface area contributed by atoms with Gasteiger partial charge in [0.1, 0.15) is 0 Å². The number of benzene rings is 1. The Morgan fingerprint density at radius 3 is 2.55 bits per heavy atom. The minimum absolute atomic E-state index is 0.0854. The van der Waals surface area contributed by atoms with Gasteiger partial charge < -0.3 is 10.8 Å². The maximum atomic E-state index is 12.6. The third kappa shape index (κ3) is 1.28. The molecule has 1 aromatic rings. The Bertz CT molecular complexity index is 277. The van der Waals surface area contributed by atoms with Crippen molar-refractivity contribution < 1.29 is 13.9 Å². The van der Waals surface area contributed by atoms with Crippen molar-refractivity contribution in [3.63, 3.8) is 0 Å². The zero-order chi connectivity index (χ0) is 8.59. The highest BCUT2D eigenvalue weighted by Gasteiger charge is 2.13. The second kappa shape index (κ2) is 2.65. The van der Waals surface area contributed by atoms with Crippen molar-refractivity contribution in [2.75, 3.05) is 5.73 Å². The van der Waals surface area contributed by atoms with E-state index in [-0.39, 0.29) is 10.2 Å². The van der Waals surface area contributed by atoms with E-state index in [2.05, 4.69) is 15.9 Å². The van der Waals surface area contributed by atoms with Crippen molar-refractivity contribution >= 4 is 21.6 Å². The molecule has 60 valence electrons. The molecule has 0 aliphatic rings. The summed E-state index contributed by atoms with van der Waals surface area (Å²) < 4.78 is 24.9. The number of phenols is 1. The van der Waals surface area contributed by atoms with Crippen molar-refractivity contribution in [2.24, 2.45) is 0 Å². The van der Waals surface area contributed by atoms with Crippen LogP contribution in [0.5, 0.6) is 5.75 Å². The molecule has 1 aromatic carbocycles. The molecule has 0 fully saturated rings. The molecule has 0 saturated heterocycles. The smallest absolute Gasteiger partial charge is 0.189 e. The van der Waals surface area contributed by atoms with Crippen molar-refractivity contribution in [1.29, 1.82) is 0 Å². The highest BCUT2D eigenvalue weighted by molar-refractivity contribution is 9.10. The Morgan fingerprint density at radius 1 is 1.45 bits per heavy atom. The summed E-state index contributed by atoms with van der Waals surface area (Å²) in [6.07, 6.45) is 0. The Kier molecular flexibility index (Phi) is 1.99. The molecule has 0 aromatic heterocycles.